The van der Waals surface area contributed by atoms with Gasteiger partial charge in [0.2, 0.25) is 0 Å². The van der Waals surface area contributed by atoms with E-state index in [9.17, 15) is 0 Å². The summed E-state index contributed by atoms with van der Waals surface area (Å²) in [6.45, 7) is 5.60. The Morgan fingerprint density at radius 1 is 1.00 bits per heavy atom. The molecule has 0 radical (unpaired) electrons. The van der Waals surface area contributed by atoms with Crippen molar-refractivity contribution in [3.8, 4) is 11.1 Å². The van der Waals surface area contributed by atoms with Crippen LogP contribution in [0.2, 0.25) is 0 Å². The van der Waals surface area contributed by atoms with Gasteiger partial charge in [-0.15, -0.1) is 24.8 Å². The zero-order chi connectivity index (χ0) is 19.8. The van der Waals surface area contributed by atoms with Crippen LogP contribution in [-0.4, -0.2) is 21.0 Å². The van der Waals surface area contributed by atoms with Gasteiger partial charge in [-0.3, -0.25) is 4.98 Å². The summed E-state index contributed by atoms with van der Waals surface area (Å²) in [7, 11) is 0. The summed E-state index contributed by atoms with van der Waals surface area (Å²) >= 11 is 0. The number of nitrogens with zero attached hydrogens (tertiary/aromatic N) is 2. The second-order valence-corrected chi connectivity index (χ2v) is 9.12. The first-order valence-electron chi connectivity index (χ1n) is 10.6. The van der Waals surface area contributed by atoms with Crippen LogP contribution in [0.3, 0.4) is 0 Å². The summed E-state index contributed by atoms with van der Waals surface area (Å²) in [4.78, 5) is 12.4. The lowest BCUT2D eigenvalue weighted by Gasteiger charge is -2.34. The van der Waals surface area contributed by atoms with Gasteiger partial charge in [0.05, 0.1) is 23.1 Å². The molecule has 5 rings (SSSR count). The van der Waals surface area contributed by atoms with Crippen molar-refractivity contribution in [3.63, 3.8) is 0 Å². The molecule has 2 aromatic heterocycles. The molecule has 0 unspecified atom stereocenters. The Hall–Kier alpha value is -2.14. The number of hydrogen-bond acceptors (Lipinski definition) is 3. The van der Waals surface area contributed by atoms with E-state index in [0.29, 0.717) is 11.5 Å². The zero-order valence-electron chi connectivity index (χ0n) is 18.0. The number of imidazole rings is 1. The summed E-state index contributed by atoms with van der Waals surface area (Å²) in [5.41, 5.74) is 5.99. The lowest BCUT2D eigenvalue weighted by Crippen LogP contribution is -2.35. The molecule has 0 amide bonds. The van der Waals surface area contributed by atoms with Gasteiger partial charge in [0, 0.05) is 29.7 Å². The summed E-state index contributed by atoms with van der Waals surface area (Å²) in [5, 5.41) is 6.25. The molecule has 4 aromatic rings. The van der Waals surface area contributed by atoms with Crippen molar-refractivity contribution < 1.29 is 0 Å². The molecule has 6 heteroatoms. The fourth-order valence-corrected chi connectivity index (χ4v) is 4.57. The Morgan fingerprint density at radius 2 is 1.74 bits per heavy atom. The van der Waals surface area contributed by atoms with Crippen molar-refractivity contribution in [2.45, 2.75) is 52.1 Å². The molecule has 0 bridgehead atoms. The van der Waals surface area contributed by atoms with Crippen molar-refractivity contribution in [1.29, 1.82) is 0 Å². The maximum Gasteiger partial charge on any atom is 0.0931 e. The zero-order valence-corrected chi connectivity index (χ0v) is 19.7. The summed E-state index contributed by atoms with van der Waals surface area (Å²) in [6, 6.07) is 15.6. The number of hydrogen-bond donors (Lipinski definition) is 2. The SMILES string of the molecule is CC1(C)CCC(NCc2ncc(-c3ccc4[nH]cnc4c3)c3ccccc23)CC1.Cl.Cl. The molecule has 1 saturated carbocycles. The predicted octanol–water partition coefficient (Wildman–Crippen LogP) is 6.68. The molecule has 0 saturated heterocycles. The van der Waals surface area contributed by atoms with Crippen LogP contribution >= 0.6 is 24.8 Å². The first-order chi connectivity index (χ1) is 14.1. The summed E-state index contributed by atoms with van der Waals surface area (Å²) in [6.07, 6.45) is 8.88. The van der Waals surface area contributed by atoms with Gasteiger partial charge in [-0.1, -0.05) is 44.2 Å². The van der Waals surface area contributed by atoms with Gasteiger partial charge in [-0.05, 0) is 54.2 Å². The molecule has 2 aromatic carbocycles. The van der Waals surface area contributed by atoms with Crippen LogP contribution in [0.25, 0.3) is 32.9 Å². The molecule has 1 aliphatic rings. The molecule has 164 valence electrons. The van der Waals surface area contributed by atoms with E-state index >= 15 is 0 Å². The molecule has 2 N–H and O–H groups in total. The Kier molecular flexibility index (Phi) is 7.25. The number of aromatic amines is 1. The number of aromatic nitrogens is 3. The van der Waals surface area contributed by atoms with Gasteiger partial charge in [-0.2, -0.15) is 0 Å². The van der Waals surface area contributed by atoms with Gasteiger partial charge in [0.15, 0.2) is 0 Å². The Balaban J connectivity index is 0.00000136. The summed E-state index contributed by atoms with van der Waals surface area (Å²) in [5.74, 6) is 0. The topological polar surface area (TPSA) is 53.6 Å². The molecule has 0 aliphatic heterocycles. The second kappa shape index (κ2) is 9.56. The highest BCUT2D eigenvalue weighted by Crippen LogP contribution is 2.35. The normalized spacial score (nSPS) is 16.1. The number of rotatable bonds is 4. The predicted molar refractivity (Wildman–Crippen MR) is 134 cm³/mol. The molecular weight excluding hydrogens is 427 g/mol. The monoisotopic (exact) mass is 456 g/mol. The average Bonchev–Trinajstić information content (AvgIpc) is 3.20. The minimum absolute atomic E-state index is 0. The van der Waals surface area contributed by atoms with Crippen LogP contribution in [-0.2, 0) is 6.54 Å². The van der Waals surface area contributed by atoms with Crippen LogP contribution in [0, 0.1) is 5.41 Å². The van der Waals surface area contributed by atoms with Crippen molar-refractivity contribution in [3.05, 3.63) is 60.7 Å². The largest absolute Gasteiger partial charge is 0.345 e. The van der Waals surface area contributed by atoms with Crippen molar-refractivity contribution in [1.82, 2.24) is 20.3 Å². The average molecular weight is 457 g/mol. The molecule has 31 heavy (non-hydrogen) atoms. The van der Waals surface area contributed by atoms with E-state index in [1.54, 1.807) is 6.33 Å². The van der Waals surface area contributed by atoms with E-state index in [0.717, 1.165) is 34.4 Å². The lowest BCUT2D eigenvalue weighted by molar-refractivity contribution is 0.206. The highest BCUT2D eigenvalue weighted by atomic mass is 35.5. The van der Waals surface area contributed by atoms with E-state index in [4.69, 9.17) is 4.98 Å². The van der Waals surface area contributed by atoms with E-state index in [1.807, 2.05) is 6.20 Å². The Labute approximate surface area is 196 Å². The van der Waals surface area contributed by atoms with Gasteiger partial charge in [0.1, 0.15) is 0 Å². The van der Waals surface area contributed by atoms with E-state index < -0.39 is 0 Å². The maximum atomic E-state index is 4.87. The second-order valence-electron chi connectivity index (χ2n) is 9.12. The summed E-state index contributed by atoms with van der Waals surface area (Å²) < 4.78 is 0. The van der Waals surface area contributed by atoms with Crippen molar-refractivity contribution >= 4 is 46.6 Å². The molecule has 0 spiro atoms. The molecule has 1 fully saturated rings. The highest BCUT2D eigenvalue weighted by Gasteiger charge is 2.26. The lowest BCUT2D eigenvalue weighted by atomic mass is 9.75. The standard InChI is InChI=1S/C25H28N4.2ClH/c1-25(2)11-9-18(10-12-25)26-15-24-20-6-4-3-5-19(20)21(14-27-24)17-7-8-22-23(13-17)29-16-28-22;;/h3-8,13-14,16,18,26H,9-12,15H2,1-2H3,(H,28,29);2*1H. The van der Waals surface area contributed by atoms with Crippen LogP contribution in [0.4, 0.5) is 0 Å². The van der Waals surface area contributed by atoms with Crippen molar-refractivity contribution in [2.75, 3.05) is 0 Å². The Morgan fingerprint density at radius 3 is 2.52 bits per heavy atom. The van der Waals surface area contributed by atoms with Crippen LogP contribution in [0.5, 0.6) is 0 Å². The Bertz CT molecular complexity index is 1160. The molecule has 0 atom stereocenters. The quantitative estimate of drug-likeness (QED) is 0.359. The third-order valence-electron chi connectivity index (χ3n) is 6.51. The van der Waals surface area contributed by atoms with E-state index in [-0.39, 0.29) is 24.8 Å². The van der Waals surface area contributed by atoms with Crippen molar-refractivity contribution in [2.24, 2.45) is 5.41 Å². The van der Waals surface area contributed by atoms with E-state index in [2.05, 4.69) is 71.6 Å². The minimum Gasteiger partial charge on any atom is -0.345 e. The minimum atomic E-state index is 0. The van der Waals surface area contributed by atoms with Crippen LogP contribution in [0.15, 0.2) is 55.0 Å². The third-order valence-corrected chi connectivity index (χ3v) is 6.51. The number of pyridine rings is 1. The molecule has 1 aliphatic carbocycles. The first kappa shape index (κ1) is 23.5. The fraction of sp³-hybridized carbons (Fsp3) is 0.360. The van der Waals surface area contributed by atoms with Crippen LogP contribution < -0.4 is 5.32 Å². The van der Waals surface area contributed by atoms with Gasteiger partial charge >= 0.3 is 0 Å². The van der Waals surface area contributed by atoms with Gasteiger partial charge in [0.25, 0.3) is 0 Å². The number of halogens is 2. The highest BCUT2D eigenvalue weighted by molar-refractivity contribution is 5.98. The van der Waals surface area contributed by atoms with Crippen LogP contribution in [0.1, 0.15) is 45.2 Å². The third kappa shape index (κ3) is 4.87. The smallest absolute Gasteiger partial charge is 0.0931 e. The van der Waals surface area contributed by atoms with Gasteiger partial charge < -0.3 is 10.3 Å². The molecule has 4 nitrogen and oxygen atoms in total. The molecule has 2 heterocycles. The first-order valence-corrected chi connectivity index (χ1v) is 10.6. The number of nitrogens with one attached hydrogen (secondary N) is 2. The van der Waals surface area contributed by atoms with Gasteiger partial charge in [-0.25, -0.2) is 4.98 Å². The number of fused-ring (bicyclic) bond motifs is 2. The maximum absolute atomic E-state index is 4.87. The molecular formula is C25H30Cl2N4. The number of H-pyrrole nitrogens is 1. The fourth-order valence-electron chi connectivity index (χ4n) is 4.57. The number of benzene rings is 2. The van der Waals surface area contributed by atoms with E-state index in [1.165, 1.54) is 36.5 Å².